The van der Waals surface area contributed by atoms with Crippen molar-refractivity contribution in [1.82, 2.24) is 9.97 Å². The van der Waals surface area contributed by atoms with Gasteiger partial charge in [-0.2, -0.15) is 0 Å². The molecule has 0 aliphatic carbocycles. The van der Waals surface area contributed by atoms with Gasteiger partial charge in [0.15, 0.2) is 5.79 Å². The molecule has 0 unspecified atom stereocenters. The molecule has 0 N–H and O–H groups in total. The van der Waals surface area contributed by atoms with Gasteiger partial charge in [-0.1, -0.05) is 39.8 Å². The molecule has 5 heterocycles. The lowest BCUT2D eigenvalue weighted by molar-refractivity contribution is -0.148. The topological polar surface area (TPSA) is 87.4 Å². The SMILES string of the molecule is CC(C)[C@H]1COC(c2cccc([C@@H]3OC(C)(C)O[C@H]3c3cccc(C4=N[C@@H](C(C)C)CO4)n3)n2)=N1. The molecule has 186 valence electrons. The lowest BCUT2D eigenvalue weighted by Crippen LogP contribution is -2.20. The van der Waals surface area contributed by atoms with Crippen molar-refractivity contribution in [2.45, 2.75) is 71.6 Å². The zero-order valence-electron chi connectivity index (χ0n) is 21.3. The highest BCUT2D eigenvalue weighted by atomic mass is 16.8. The summed E-state index contributed by atoms with van der Waals surface area (Å²) in [6.07, 6.45) is -0.879. The molecule has 2 aromatic heterocycles. The zero-order chi connectivity index (χ0) is 24.7. The van der Waals surface area contributed by atoms with Gasteiger partial charge in [0.1, 0.15) is 36.8 Å². The molecule has 5 rings (SSSR count). The van der Waals surface area contributed by atoms with E-state index in [0.29, 0.717) is 48.2 Å². The highest BCUT2D eigenvalue weighted by Gasteiger charge is 2.45. The van der Waals surface area contributed by atoms with Crippen molar-refractivity contribution in [3.63, 3.8) is 0 Å². The fourth-order valence-electron chi connectivity index (χ4n) is 4.39. The summed E-state index contributed by atoms with van der Waals surface area (Å²) < 4.78 is 24.4. The van der Waals surface area contributed by atoms with E-state index in [-0.39, 0.29) is 12.1 Å². The minimum Gasteiger partial charge on any atom is -0.474 e. The Morgan fingerprint density at radius 2 is 1.14 bits per heavy atom. The Balaban J connectivity index is 1.44. The van der Waals surface area contributed by atoms with Crippen LogP contribution in [0.2, 0.25) is 0 Å². The molecular formula is C27H34N4O4. The first kappa shape index (κ1) is 23.9. The lowest BCUT2D eigenvalue weighted by Gasteiger charge is -2.17. The number of aromatic nitrogens is 2. The minimum atomic E-state index is -0.793. The van der Waals surface area contributed by atoms with Crippen LogP contribution in [0.25, 0.3) is 0 Å². The molecule has 0 bridgehead atoms. The van der Waals surface area contributed by atoms with E-state index in [0.717, 1.165) is 11.4 Å². The van der Waals surface area contributed by atoms with Crippen LogP contribution in [0, 0.1) is 11.8 Å². The maximum Gasteiger partial charge on any atom is 0.235 e. The standard InChI is InChI=1S/C27H34N4O4/c1-15(2)21-13-32-25(30-21)19-11-7-9-17(28-19)23-24(35-27(5,6)34-23)18-10-8-12-20(29-18)26-31-22(14-33-26)16(3)4/h7-12,15-16,21-24H,13-14H2,1-6H3/t21-,22-,23+,24+/m1/s1. The van der Waals surface area contributed by atoms with Gasteiger partial charge < -0.3 is 18.9 Å². The summed E-state index contributed by atoms with van der Waals surface area (Å²) in [6, 6.07) is 11.9. The molecule has 2 aromatic rings. The Morgan fingerprint density at radius 1 is 0.714 bits per heavy atom. The van der Waals surface area contributed by atoms with Crippen LogP contribution in [0.15, 0.2) is 46.4 Å². The predicted molar refractivity (Wildman–Crippen MR) is 132 cm³/mol. The number of nitrogens with zero attached hydrogens (tertiary/aromatic N) is 4. The molecule has 35 heavy (non-hydrogen) atoms. The lowest BCUT2D eigenvalue weighted by atomic mass is 10.1. The van der Waals surface area contributed by atoms with E-state index in [1.54, 1.807) is 0 Å². The van der Waals surface area contributed by atoms with Crippen molar-refractivity contribution in [3.8, 4) is 0 Å². The average molecular weight is 479 g/mol. The van der Waals surface area contributed by atoms with E-state index in [1.165, 1.54) is 0 Å². The van der Waals surface area contributed by atoms with Gasteiger partial charge in [-0.3, -0.25) is 0 Å². The molecular weight excluding hydrogens is 444 g/mol. The van der Waals surface area contributed by atoms with Gasteiger partial charge in [-0.25, -0.2) is 20.0 Å². The minimum absolute atomic E-state index is 0.149. The van der Waals surface area contributed by atoms with E-state index < -0.39 is 18.0 Å². The molecule has 0 amide bonds. The molecule has 1 saturated heterocycles. The van der Waals surface area contributed by atoms with Crippen LogP contribution < -0.4 is 0 Å². The van der Waals surface area contributed by atoms with Gasteiger partial charge in [0.2, 0.25) is 11.8 Å². The van der Waals surface area contributed by atoms with E-state index in [9.17, 15) is 0 Å². The third kappa shape index (κ3) is 4.95. The van der Waals surface area contributed by atoms with E-state index in [4.69, 9.17) is 38.9 Å². The van der Waals surface area contributed by atoms with Gasteiger partial charge in [-0.05, 0) is 49.9 Å². The Bertz CT molecular complexity index is 1060. The smallest absolute Gasteiger partial charge is 0.235 e. The summed E-state index contributed by atoms with van der Waals surface area (Å²) in [6.45, 7) is 13.6. The highest BCUT2D eigenvalue weighted by molar-refractivity contribution is 5.93. The van der Waals surface area contributed by atoms with E-state index in [1.807, 2.05) is 50.2 Å². The average Bonchev–Trinajstić information content (AvgIpc) is 3.58. The monoisotopic (exact) mass is 478 g/mol. The first-order chi connectivity index (χ1) is 16.7. The number of hydrogen-bond acceptors (Lipinski definition) is 8. The number of hydrogen-bond donors (Lipinski definition) is 0. The molecule has 1 fully saturated rings. The molecule has 0 radical (unpaired) electrons. The van der Waals surface area contributed by atoms with Crippen molar-refractivity contribution >= 4 is 11.8 Å². The van der Waals surface area contributed by atoms with Crippen molar-refractivity contribution in [1.29, 1.82) is 0 Å². The number of ether oxygens (including phenoxy) is 4. The van der Waals surface area contributed by atoms with Crippen LogP contribution in [0.4, 0.5) is 0 Å². The first-order valence-corrected chi connectivity index (χ1v) is 12.4. The van der Waals surface area contributed by atoms with Gasteiger partial charge in [0.05, 0.1) is 23.5 Å². The fourth-order valence-corrected chi connectivity index (χ4v) is 4.39. The van der Waals surface area contributed by atoms with Crippen molar-refractivity contribution in [3.05, 3.63) is 59.2 Å². The molecule has 3 aliphatic heterocycles. The molecule has 0 aromatic carbocycles. The second-order valence-corrected chi connectivity index (χ2v) is 10.5. The van der Waals surface area contributed by atoms with Crippen LogP contribution in [-0.4, -0.2) is 52.8 Å². The van der Waals surface area contributed by atoms with Crippen LogP contribution in [0.5, 0.6) is 0 Å². The van der Waals surface area contributed by atoms with Crippen molar-refractivity contribution in [2.24, 2.45) is 21.8 Å². The Kier molecular flexibility index (Phi) is 6.36. The quantitative estimate of drug-likeness (QED) is 0.601. The summed E-state index contributed by atoms with van der Waals surface area (Å²) in [5.74, 6) is 1.19. The normalized spacial score (nSPS) is 27.7. The second kappa shape index (κ2) is 9.32. The van der Waals surface area contributed by atoms with Crippen LogP contribution in [-0.2, 0) is 18.9 Å². The van der Waals surface area contributed by atoms with E-state index >= 15 is 0 Å². The number of pyridine rings is 2. The summed E-state index contributed by atoms with van der Waals surface area (Å²) in [5.41, 5.74) is 2.90. The molecule has 3 aliphatic rings. The number of aliphatic imine (C=N–C) groups is 2. The largest absolute Gasteiger partial charge is 0.474 e. The summed E-state index contributed by atoms with van der Waals surface area (Å²) in [4.78, 5) is 19.2. The molecule has 0 saturated carbocycles. The Morgan fingerprint density at radius 3 is 1.51 bits per heavy atom. The Hall–Kier alpha value is -2.84. The highest BCUT2D eigenvalue weighted by Crippen LogP contribution is 2.46. The van der Waals surface area contributed by atoms with E-state index in [2.05, 4.69) is 27.7 Å². The van der Waals surface area contributed by atoms with Gasteiger partial charge in [-0.15, -0.1) is 0 Å². The first-order valence-electron chi connectivity index (χ1n) is 12.4. The maximum atomic E-state index is 6.33. The van der Waals surface area contributed by atoms with Crippen LogP contribution >= 0.6 is 0 Å². The van der Waals surface area contributed by atoms with Gasteiger partial charge in [0, 0.05) is 0 Å². The summed E-state index contributed by atoms with van der Waals surface area (Å²) in [7, 11) is 0. The van der Waals surface area contributed by atoms with Crippen LogP contribution in [0.1, 0.15) is 76.5 Å². The van der Waals surface area contributed by atoms with Crippen molar-refractivity contribution in [2.75, 3.05) is 13.2 Å². The molecule has 8 nitrogen and oxygen atoms in total. The predicted octanol–water partition coefficient (Wildman–Crippen LogP) is 4.64. The third-order valence-electron chi connectivity index (χ3n) is 6.55. The zero-order valence-corrected chi connectivity index (χ0v) is 21.3. The Labute approximate surface area is 206 Å². The third-order valence-corrected chi connectivity index (χ3v) is 6.55. The summed E-state index contributed by atoms with van der Waals surface area (Å²) in [5, 5.41) is 0. The van der Waals surface area contributed by atoms with Gasteiger partial charge >= 0.3 is 0 Å². The molecule has 8 heteroatoms. The number of rotatable bonds is 6. The summed E-state index contributed by atoms with van der Waals surface area (Å²) >= 11 is 0. The molecule has 4 atom stereocenters. The fraction of sp³-hybridized carbons (Fsp3) is 0.556. The second-order valence-electron chi connectivity index (χ2n) is 10.5. The van der Waals surface area contributed by atoms with Crippen molar-refractivity contribution < 1.29 is 18.9 Å². The van der Waals surface area contributed by atoms with Gasteiger partial charge in [0.25, 0.3) is 0 Å². The maximum absolute atomic E-state index is 6.33. The molecule has 0 spiro atoms. The van der Waals surface area contributed by atoms with Crippen LogP contribution in [0.3, 0.4) is 0 Å².